The largest absolute Gasteiger partial charge is 0.433 e. The van der Waals surface area contributed by atoms with Gasteiger partial charge in [0.25, 0.3) is 0 Å². The molecule has 10 heteroatoms. The van der Waals surface area contributed by atoms with E-state index < -0.39 is 18.0 Å². The van der Waals surface area contributed by atoms with E-state index in [1.54, 1.807) is 10.9 Å². The van der Waals surface area contributed by atoms with E-state index in [0.717, 1.165) is 19.2 Å². The van der Waals surface area contributed by atoms with Gasteiger partial charge in [-0.05, 0) is 6.07 Å². The Labute approximate surface area is 135 Å². The summed E-state index contributed by atoms with van der Waals surface area (Å²) in [5, 5.41) is 16.7. The van der Waals surface area contributed by atoms with Gasteiger partial charge in [0.2, 0.25) is 5.95 Å². The second-order valence-corrected chi connectivity index (χ2v) is 6.02. The summed E-state index contributed by atoms with van der Waals surface area (Å²) >= 11 is 0. The van der Waals surface area contributed by atoms with Crippen LogP contribution in [0.1, 0.15) is 11.7 Å². The molecule has 2 saturated heterocycles. The Kier molecular flexibility index (Phi) is 3.46. The average molecular weight is 340 g/mol. The Morgan fingerprint density at radius 3 is 2.54 bits per heavy atom. The van der Waals surface area contributed by atoms with Crippen LogP contribution in [0, 0.1) is 0 Å². The predicted octanol–water partition coefficient (Wildman–Crippen LogP) is 0.684. The van der Waals surface area contributed by atoms with Gasteiger partial charge in [0, 0.05) is 37.9 Å². The predicted molar refractivity (Wildman–Crippen MR) is 78.4 cm³/mol. The van der Waals surface area contributed by atoms with Crippen LogP contribution in [0.5, 0.6) is 0 Å². The van der Waals surface area contributed by atoms with Crippen molar-refractivity contribution in [2.24, 2.45) is 0 Å². The number of β-amino-alcohol motifs (C(OH)–C–C–N with tert-alkyl or cyclic N) is 1. The average Bonchev–Trinajstić information content (AvgIpc) is 2.90. The molecule has 7 nitrogen and oxygen atoms in total. The lowest BCUT2D eigenvalue weighted by Crippen LogP contribution is -2.51. The first-order chi connectivity index (χ1) is 11.4. The Balaban J connectivity index is 1.70. The number of alkyl halides is 3. The molecule has 2 aliphatic heterocycles. The van der Waals surface area contributed by atoms with Crippen molar-refractivity contribution in [1.29, 1.82) is 0 Å². The molecule has 0 aromatic carbocycles. The molecule has 2 aromatic rings. The highest BCUT2D eigenvalue weighted by molar-refractivity contribution is 5.60. The van der Waals surface area contributed by atoms with Crippen molar-refractivity contribution < 1.29 is 18.3 Å². The number of nitrogens with zero attached hydrogens (tertiary/aromatic N) is 5. The topological polar surface area (TPSA) is 79.1 Å². The summed E-state index contributed by atoms with van der Waals surface area (Å²) in [6.45, 7) is 2.03. The van der Waals surface area contributed by atoms with Crippen LogP contribution in [-0.2, 0) is 6.18 Å². The van der Waals surface area contributed by atoms with Crippen molar-refractivity contribution in [2.45, 2.75) is 18.3 Å². The SMILES string of the molecule is OC1CN(c2nc(-c3cnn(C4CNC4)c3)cc(C(F)(F)F)n2)C1. The minimum Gasteiger partial charge on any atom is -0.389 e. The van der Waals surface area contributed by atoms with Gasteiger partial charge in [0.05, 0.1) is 24.0 Å². The second kappa shape index (κ2) is 5.42. The smallest absolute Gasteiger partial charge is 0.389 e. The van der Waals surface area contributed by atoms with Gasteiger partial charge < -0.3 is 15.3 Å². The number of hydrogen-bond acceptors (Lipinski definition) is 6. The van der Waals surface area contributed by atoms with Crippen LogP contribution in [0.25, 0.3) is 11.3 Å². The van der Waals surface area contributed by atoms with Crippen molar-refractivity contribution in [2.75, 3.05) is 31.1 Å². The van der Waals surface area contributed by atoms with Crippen LogP contribution in [0.4, 0.5) is 19.1 Å². The third-order valence-corrected chi connectivity index (χ3v) is 4.18. The molecule has 0 atom stereocenters. The highest BCUT2D eigenvalue weighted by Gasteiger charge is 2.36. The van der Waals surface area contributed by atoms with E-state index in [1.165, 1.54) is 11.1 Å². The fourth-order valence-electron chi connectivity index (χ4n) is 2.62. The van der Waals surface area contributed by atoms with Gasteiger partial charge in [-0.3, -0.25) is 4.68 Å². The van der Waals surface area contributed by atoms with Crippen molar-refractivity contribution in [3.05, 3.63) is 24.2 Å². The third-order valence-electron chi connectivity index (χ3n) is 4.18. The molecular formula is C14H15F3N6O. The number of aliphatic hydroxyl groups excluding tert-OH is 1. The molecule has 2 aliphatic rings. The zero-order valence-electron chi connectivity index (χ0n) is 12.5. The summed E-state index contributed by atoms with van der Waals surface area (Å²) < 4.78 is 41.1. The van der Waals surface area contributed by atoms with E-state index in [1.807, 2.05) is 0 Å². The molecule has 0 amide bonds. The number of hydrogen-bond donors (Lipinski definition) is 2. The summed E-state index contributed by atoms with van der Waals surface area (Å²) in [5.74, 6) is -0.0248. The zero-order valence-corrected chi connectivity index (χ0v) is 12.5. The molecule has 128 valence electrons. The molecule has 4 rings (SSSR count). The first-order valence-electron chi connectivity index (χ1n) is 7.55. The van der Waals surface area contributed by atoms with E-state index in [9.17, 15) is 18.3 Å². The van der Waals surface area contributed by atoms with Gasteiger partial charge in [-0.15, -0.1) is 0 Å². The third kappa shape index (κ3) is 2.71. The Bertz CT molecular complexity index is 751. The molecule has 0 saturated carbocycles. The van der Waals surface area contributed by atoms with E-state index in [2.05, 4.69) is 20.4 Å². The zero-order chi connectivity index (χ0) is 16.9. The maximum Gasteiger partial charge on any atom is 0.433 e. The van der Waals surface area contributed by atoms with Gasteiger partial charge in [0.1, 0.15) is 0 Å². The molecule has 0 aliphatic carbocycles. The molecule has 0 radical (unpaired) electrons. The standard InChI is InChI=1S/C14H15F3N6O/c15-14(16,17)12-1-11(20-13(21-12)22-6-10(24)7-22)8-2-19-23(5-8)9-3-18-4-9/h1-2,5,9-10,18,24H,3-4,6-7H2. The quantitative estimate of drug-likeness (QED) is 0.856. The maximum absolute atomic E-state index is 13.1. The van der Waals surface area contributed by atoms with E-state index >= 15 is 0 Å². The Morgan fingerprint density at radius 2 is 1.96 bits per heavy atom. The minimum atomic E-state index is -4.57. The van der Waals surface area contributed by atoms with Crippen molar-refractivity contribution in [3.8, 4) is 11.3 Å². The van der Waals surface area contributed by atoms with Gasteiger partial charge in [-0.2, -0.15) is 18.3 Å². The summed E-state index contributed by atoms with van der Waals surface area (Å²) in [5.41, 5.74) is -0.314. The summed E-state index contributed by atoms with van der Waals surface area (Å²) in [7, 11) is 0. The normalized spacial score (nSPS) is 19.2. The summed E-state index contributed by atoms with van der Waals surface area (Å²) in [4.78, 5) is 9.34. The molecule has 0 bridgehead atoms. The lowest BCUT2D eigenvalue weighted by molar-refractivity contribution is -0.141. The lowest BCUT2D eigenvalue weighted by atomic mass is 10.1. The minimum absolute atomic E-state index is 0.0248. The van der Waals surface area contributed by atoms with Gasteiger partial charge in [-0.25, -0.2) is 9.97 Å². The van der Waals surface area contributed by atoms with Gasteiger partial charge >= 0.3 is 6.18 Å². The first-order valence-corrected chi connectivity index (χ1v) is 7.55. The summed E-state index contributed by atoms with van der Waals surface area (Å²) in [6.07, 6.45) is -1.91. The molecule has 2 aromatic heterocycles. The molecule has 0 unspecified atom stereocenters. The Morgan fingerprint density at radius 1 is 1.21 bits per heavy atom. The lowest BCUT2D eigenvalue weighted by Gasteiger charge is -2.36. The number of halogens is 3. The van der Waals surface area contributed by atoms with Crippen LogP contribution in [0.3, 0.4) is 0 Å². The molecular weight excluding hydrogens is 325 g/mol. The van der Waals surface area contributed by atoms with Crippen LogP contribution >= 0.6 is 0 Å². The van der Waals surface area contributed by atoms with Crippen LogP contribution in [-0.4, -0.2) is 57.1 Å². The van der Waals surface area contributed by atoms with Crippen molar-refractivity contribution >= 4 is 5.95 Å². The second-order valence-electron chi connectivity index (χ2n) is 6.02. The van der Waals surface area contributed by atoms with E-state index in [0.29, 0.717) is 5.56 Å². The molecule has 4 heterocycles. The van der Waals surface area contributed by atoms with Crippen molar-refractivity contribution in [1.82, 2.24) is 25.1 Å². The fraction of sp³-hybridized carbons (Fsp3) is 0.500. The highest BCUT2D eigenvalue weighted by atomic mass is 19.4. The Hall–Kier alpha value is -2.20. The van der Waals surface area contributed by atoms with E-state index in [4.69, 9.17) is 0 Å². The number of rotatable bonds is 3. The van der Waals surface area contributed by atoms with Gasteiger partial charge in [0.15, 0.2) is 5.69 Å². The number of aromatic nitrogens is 4. The van der Waals surface area contributed by atoms with Crippen molar-refractivity contribution in [3.63, 3.8) is 0 Å². The molecule has 0 spiro atoms. The van der Waals surface area contributed by atoms with E-state index in [-0.39, 0.29) is 30.8 Å². The van der Waals surface area contributed by atoms with Crippen LogP contribution in [0.2, 0.25) is 0 Å². The van der Waals surface area contributed by atoms with Gasteiger partial charge in [-0.1, -0.05) is 0 Å². The molecule has 2 fully saturated rings. The fourth-order valence-corrected chi connectivity index (χ4v) is 2.62. The number of anilines is 1. The molecule has 2 N–H and O–H groups in total. The number of nitrogens with one attached hydrogen (secondary N) is 1. The monoisotopic (exact) mass is 340 g/mol. The molecule has 24 heavy (non-hydrogen) atoms. The maximum atomic E-state index is 13.1. The first kappa shape index (κ1) is 15.3. The summed E-state index contributed by atoms with van der Waals surface area (Å²) in [6, 6.07) is 1.15. The number of aliphatic hydroxyl groups is 1. The highest BCUT2D eigenvalue weighted by Crippen LogP contribution is 2.32. The van der Waals surface area contributed by atoms with Crippen LogP contribution < -0.4 is 10.2 Å². The van der Waals surface area contributed by atoms with Crippen LogP contribution in [0.15, 0.2) is 18.5 Å².